The zero-order valence-corrected chi connectivity index (χ0v) is 20.9. The van der Waals surface area contributed by atoms with Gasteiger partial charge in [0.05, 0.1) is 31.9 Å². The fourth-order valence-electron chi connectivity index (χ4n) is 3.56. The van der Waals surface area contributed by atoms with E-state index < -0.39 is 23.3 Å². The van der Waals surface area contributed by atoms with Gasteiger partial charge in [-0.3, -0.25) is 9.59 Å². The van der Waals surface area contributed by atoms with Gasteiger partial charge < -0.3 is 19.5 Å². The molecule has 0 spiro atoms. The van der Waals surface area contributed by atoms with Gasteiger partial charge in [-0.25, -0.2) is 9.18 Å². The van der Waals surface area contributed by atoms with Gasteiger partial charge in [0.15, 0.2) is 17.2 Å². The topological polar surface area (TPSA) is 109 Å². The molecule has 0 aliphatic rings. The molecule has 0 saturated heterocycles. The first kappa shape index (κ1) is 25.6. The minimum atomic E-state index is -0.748. The maximum absolute atomic E-state index is 13.9. The van der Waals surface area contributed by atoms with Gasteiger partial charge in [-0.05, 0) is 48.9 Å². The van der Waals surface area contributed by atoms with Gasteiger partial charge >= 0.3 is 5.97 Å². The van der Waals surface area contributed by atoms with Crippen molar-refractivity contribution >= 4 is 45.1 Å². The number of rotatable bonds is 8. The molecule has 2 aromatic carbocycles. The predicted molar refractivity (Wildman–Crippen MR) is 138 cm³/mol. The maximum Gasteiger partial charge on any atom is 0.359 e. The first-order valence-corrected chi connectivity index (χ1v) is 11.9. The van der Waals surface area contributed by atoms with Crippen LogP contribution < -0.4 is 20.3 Å². The number of aromatic nitrogens is 2. The summed E-state index contributed by atoms with van der Waals surface area (Å²) in [5, 5.41) is 8.86. The summed E-state index contributed by atoms with van der Waals surface area (Å²) < 4.78 is 30.4. The number of nitrogens with one attached hydrogen (secondary N) is 1. The molecule has 0 fully saturated rings. The quantitative estimate of drug-likeness (QED) is 0.269. The summed E-state index contributed by atoms with van der Waals surface area (Å²) in [5.41, 5.74) is 0.0489. The van der Waals surface area contributed by atoms with E-state index >= 15 is 0 Å². The molecule has 0 saturated carbocycles. The minimum Gasteiger partial charge on any atom is -0.493 e. The summed E-state index contributed by atoms with van der Waals surface area (Å²) in [6.07, 6.45) is 2.87. The van der Waals surface area contributed by atoms with Crippen LogP contribution in [0.1, 0.15) is 23.0 Å². The Bertz CT molecular complexity index is 1580. The molecule has 0 aliphatic carbocycles. The molecule has 11 heteroatoms. The van der Waals surface area contributed by atoms with Crippen molar-refractivity contribution in [3.05, 3.63) is 81.3 Å². The van der Waals surface area contributed by atoms with E-state index in [0.717, 1.165) is 22.1 Å². The Morgan fingerprint density at radius 1 is 1.14 bits per heavy atom. The molecule has 2 heterocycles. The van der Waals surface area contributed by atoms with Gasteiger partial charge in [0.25, 0.3) is 5.56 Å². The largest absolute Gasteiger partial charge is 0.493 e. The van der Waals surface area contributed by atoms with Crippen LogP contribution in [0.15, 0.2) is 58.7 Å². The Hall–Kier alpha value is -4.51. The predicted octanol–water partition coefficient (Wildman–Crippen LogP) is 4.43. The number of esters is 1. The molecule has 0 atom stereocenters. The van der Waals surface area contributed by atoms with Gasteiger partial charge in [0.2, 0.25) is 5.91 Å². The fourth-order valence-corrected chi connectivity index (χ4v) is 4.50. The number of carbonyl (C=O) groups excluding carboxylic acids is 2. The van der Waals surface area contributed by atoms with E-state index in [4.69, 9.17) is 14.2 Å². The SMILES string of the molecule is CCOC(=O)c1nn(-c2cccc(F)c2)c(=O)c2c(NC(=O)/C=C/c3ccc(OC)c(OC)c3)scc12. The summed E-state index contributed by atoms with van der Waals surface area (Å²) in [6, 6.07) is 10.4. The number of amides is 1. The zero-order valence-electron chi connectivity index (χ0n) is 20.1. The molecule has 1 N–H and O–H groups in total. The van der Waals surface area contributed by atoms with Crippen LogP contribution in [0, 0.1) is 5.82 Å². The zero-order chi connectivity index (χ0) is 26.5. The Balaban J connectivity index is 1.73. The summed E-state index contributed by atoms with van der Waals surface area (Å²) in [5.74, 6) is -0.782. The Labute approximate surface area is 214 Å². The van der Waals surface area contributed by atoms with Crippen molar-refractivity contribution in [2.45, 2.75) is 6.92 Å². The standard InChI is InChI=1S/C26H22FN3O6S/c1-4-36-26(33)23-18-14-37-24(22(18)25(32)30(29-23)17-7-5-6-16(27)13-17)28-21(31)11-9-15-8-10-19(34-2)20(12-15)35-3/h5-14H,4H2,1-3H3,(H,28,31)/b11-9+. The molecule has 0 radical (unpaired) electrons. The lowest BCUT2D eigenvalue weighted by atomic mass is 10.2. The molecule has 1 amide bonds. The van der Waals surface area contributed by atoms with Gasteiger partial charge in [0.1, 0.15) is 10.8 Å². The number of carbonyl (C=O) groups is 2. The summed E-state index contributed by atoms with van der Waals surface area (Å²) in [6.45, 7) is 1.73. The van der Waals surface area contributed by atoms with Crippen molar-refractivity contribution in [2.75, 3.05) is 26.1 Å². The molecule has 4 aromatic rings. The summed E-state index contributed by atoms with van der Waals surface area (Å²) >= 11 is 1.06. The van der Waals surface area contributed by atoms with E-state index in [-0.39, 0.29) is 33.8 Å². The minimum absolute atomic E-state index is 0.0557. The van der Waals surface area contributed by atoms with E-state index in [1.54, 1.807) is 36.6 Å². The van der Waals surface area contributed by atoms with Crippen molar-refractivity contribution in [2.24, 2.45) is 0 Å². The highest BCUT2D eigenvalue weighted by Crippen LogP contribution is 2.31. The first-order chi connectivity index (χ1) is 17.9. The number of ether oxygens (including phenoxy) is 3. The number of hydrogen-bond acceptors (Lipinski definition) is 8. The Morgan fingerprint density at radius 3 is 2.62 bits per heavy atom. The van der Waals surface area contributed by atoms with E-state index in [0.29, 0.717) is 17.1 Å². The number of nitrogens with zero attached hydrogens (tertiary/aromatic N) is 2. The highest BCUT2D eigenvalue weighted by molar-refractivity contribution is 7.16. The third-order valence-corrected chi connectivity index (χ3v) is 6.14. The number of fused-ring (bicyclic) bond motifs is 1. The third-order valence-electron chi connectivity index (χ3n) is 5.25. The number of methoxy groups -OCH3 is 2. The average Bonchev–Trinajstić information content (AvgIpc) is 3.31. The molecule has 0 aliphatic heterocycles. The lowest BCUT2D eigenvalue weighted by Gasteiger charge is -2.10. The summed E-state index contributed by atoms with van der Waals surface area (Å²) in [4.78, 5) is 38.7. The normalized spacial score (nSPS) is 11.0. The van der Waals surface area contributed by atoms with Crippen LogP contribution in [0.4, 0.5) is 9.39 Å². The number of halogens is 1. The molecule has 190 valence electrons. The Kier molecular flexibility index (Phi) is 7.63. The van der Waals surface area contributed by atoms with Crippen molar-refractivity contribution in [1.82, 2.24) is 9.78 Å². The molecular weight excluding hydrogens is 501 g/mol. The van der Waals surface area contributed by atoms with Crippen molar-refractivity contribution in [3.63, 3.8) is 0 Å². The van der Waals surface area contributed by atoms with Gasteiger partial charge in [-0.1, -0.05) is 12.1 Å². The average molecular weight is 524 g/mol. The van der Waals surface area contributed by atoms with Crippen molar-refractivity contribution in [1.29, 1.82) is 0 Å². The molecule has 0 bridgehead atoms. The van der Waals surface area contributed by atoms with Gasteiger partial charge in [-0.2, -0.15) is 9.78 Å². The molecule has 2 aromatic heterocycles. The van der Waals surface area contributed by atoms with Gasteiger partial charge in [-0.15, -0.1) is 11.3 Å². The van der Waals surface area contributed by atoms with Crippen molar-refractivity contribution in [3.8, 4) is 17.2 Å². The monoisotopic (exact) mass is 523 g/mol. The van der Waals surface area contributed by atoms with E-state index in [1.165, 1.54) is 38.5 Å². The third kappa shape index (κ3) is 5.36. The van der Waals surface area contributed by atoms with E-state index in [9.17, 15) is 18.8 Å². The van der Waals surface area contributed by atoms with Gasteiger partial charge in [0, 0.05) is 16.8 Å². The molecule has 0 unspecified atom stereocenters. The summed E-state index contributed by atoms with van der Waals surface area (Å²) in [7, 11) is 3.03. The highest BCUT2D eigenvalue weighted by Gasteiger charge is 2.23. The molecule has 9 nitrogen and oxygen atoms in total. The smallest absolute Gasteiger partial charge is 0.359 e. The van der Waals surface area contributed by atoms with E-state index in [1.807, 2.05) is 0 Å². The second-order valence-electron chi connectivity index (χ2n) is 7.56. The van der Waals surface area contributed by atoms with Crippen LogP contribution in [-0.2, 0) is 9.53 Å². The van der Waals surface area contributed by atoms with Crippen molar-refractivity contribution < 1.29 is 28.2 Å². The van der Waals surface area contributed by atoms with Crippen LogP contribution in [0.3, 0.4) is 0 Å². The first-order valence-electron chi connectivity index (χ1n) is 11.0. The fraction of sp³-hybridized carbons (Fsp3) is 0.154. The number of thiophene rings is 1. The van der Waals surface area contributed by atoms with Crippen LogP contribution in [0.2, 0.25) is 0 Å². The number of hydrogen-bond donors (Lipinski definition) is 1. The van der Waals surface area contributed by atoms with Crippen LogP contribution in [0.25, 0.3) is 22.5 Å². The molecule has 4 rings (SSSR count). The lowest BCUT2D eigenvalue weighted by Crippen LogP contribution is -2.25. The van der Waals surface area contributed by atoms with Crippen LogP contribution in [0.5, 0.6) is 11.5 Å². The van der Waals surface area contributed by atoms with Crippen LogP contribution in [-0.4, -0.2) is 42.5 Å². The molecular formula is C26H22FN3O6S. The lowest BCUT2D eigenvalue weighted by molar-refractivity contribution is -0.111. The number of benzene rings is 2. The maximum atomic E-state index is 13.9. The Morgan fingerprint density at radius 2 is 1.92 bits per heavy atom. The molecule has 37 heavy (non-hydrogen) atoms. The van der Waals surface area contributed by atoms with Crippen LogP contribution >= 0.6 is 11.3 Å². The second kappa shape index (κ2) is 11.0. The number of anilines is 1. The second-order valence-corrected chi connectivity index (χ2v) is 8.44. The highest BCUT2D eigenvalue weighted by atomic mass is 32.1. The van der Waals surface area contributed by atoms with E-state index in [2.05, 4.69) is 10.4 Å².